The van der Waals surface area contributed by atoms with E-state index < -0.39 is 0 Å². The number of pyridine rings is 2. The maximum Gasteiger partial charge on any atom is 0.0716 e. The quantitative estimate of drug-likeness (QED) is 0.672. The van der Waals surface area contributed by atoms with E-state index >= 15 is 0 Å². The topological polar surface area (TPSA) is 25.8 Å². The molecule has 0 saturated heterocycles. The Labute approximate surface area is 112 Å². The zero-order valence-corrected chi connectivity index (χ0v) is 10.8. The van der Waals surface area contributed by atoms with E-state index in [2.05, 4.69) is 23.7 Å². The number of benzene rings is 1. The van der Waals surface area contributed by atoms with E-state index in [1.54, 1.807) is 12.4 Å². The Bertz CT molecular complexity index is 746. The molecule has 0 radical (unpaired) electrons. The highest BCUT2D eigenvalue weighted by atomic mass is 14.7. The molecule has 0 aliphatic rings. The minimum absolute atomic E-state index is 0.958. The molecule has 0 aliphatic carbocycles. The summed E-state index contributed by atoms with van der Waals surface area (Å²) in [5, 5.41) is 1.15. The van der Waals surface area contributed by atoms with Crippen LogP contribution >= 0.6 is 0 Å². The molecule has 0 bridgehead atoms. The van der Waals surface area contributed by atoms with E-state index in [-0.39, 0.29) is 0 Å². The highest BCUT2D eigenvalue weighted by Gasteiger charge is 2.07. The number of fused-ring (bicyclic) bond motifs is 1. The highest BCUT2D eigenvalue weighted by molar-refractivity contribution is 5.92. The van der Waals surface area contributed by atoms with Gasteiger partial charge in [0.1, 0.15) is 0 Å². The summed E-state index contributed by atoms with van der Waals surface area (Å²) in [4.78, 5) is 8.77. The number of hydrogen-bond donors (Lipinski definition) is 0. The molecule has 0 atom stereocenters. The molecule has 0 saturated carbocycles. The maximum absolute atomic E-state index is 4.72. The van der Waals surface area contributed by atoms with Crippen LogP contribution in [0, 0.1) is 0 Å². The number of nitrogens with zero attached hydrogens (tertiary/aromatic N) is 2. The first-order valence-electron chi connectivity index (χ1n) is 6.22. The molecule has 0 amide bonds. The van der Waals surface area contributed by atoms with E-state index in [1.807, 2.05) is 37.3 Å². The van der Waals surface area contributed by atoms with E-state index in [4.69, 9.17) is 4.98 Å². The lowest BCUT2D eigenvalue weighted by Gasteiger charge is -2.09. The van der Waals surface area contributed by atoms with E-state index in [0.717, 1.165) is 33.3 Å². The van der Waals surface area contributed by atoms with Crippen molar-refractivity contribution in [1.82, 2.24) is 9.97 Å². The fourth-order valence-electron chi connectivity index (χ4n) is 2.20. The van der Waals surface area contributed by atoms with Gasteiger partial charge in [0, 0.05) is 23.3 Å². The first kappa shape index (κ1) is 11.6. The van der Waals surface area contributed by atoms with Crippen LogP contribution in [-0.2, 0) is 0 Å². The molecule has 0 aliphatic heterocycles. The van der Waals surface area contributed by atoms with Crippen molar-refractivity contribution in [2.75, 3.05) is 0 Å². The third-order valence-corrected chi connectivity index (χ3v) is 3.15. The Morgan fingerprint density at radius 3 is 2.53 bits per heavy atom. The Kier molecular flexibility index (Phi) is 2.84. The lowest BCUT2D eigenvalue weighted by atomic mass is 10.0. The van der Waals surface area contributed by atoms with Gasteiger partial charge in [0.2, 0.25) is 0 Å². The molecule has 0 spiro atoms. The standard InChI is InChI=1S/C17H14N2/c1-12(2)15-11-17(13-7-9-18-10-8-13)19-16-6-4-3-5-14(15)16/h3-11H,1H2,2H3. The monoisotopic (exact) mass is 246 g/mol. The Morgan fingerprint density at radius 2 is 1.79 bits per heavy atom. The summed E-state index contributed by atoms with van der Waals surface area (Å²) < 4.78 is 0. The summed E-state index contributed by atoms with van der Waals surface area (Å²) in [6.45, 7) is 6.10. The van der Waals surface area contributed by atoms with Gasteiger partial charge in [-0.05, 0) is 36.8 Å². The van der Waals surface area contributed by atoms with Crippen LogP contribution in [0.4, 0.5) is 0 Å². The van der Waals surface area contributed by atoms with Crippen LogP contribution in [0.25, 0.3) is 27.7 Å². The van der Waals surface area contributed by atoms with E-state index in [0.29, 0.717) is 0 Å². The van der Waals surface area contributed by atoms with Crippen molar-refractivity contribution in [2.24, 2.45) is 0 Å². The summed E-state index contributed by atoms with van der Waals surface area (Å²) in [5.74, 6) is 0. The molecule has 92 valence electrons. The van der Waals surface area contributed by atoms with Gasteiger partial charge in [0.05, 0.1) is 11.2 Å². The number of para-hydroxylation sites is 1. The summed E-state index contributed by atoms with van der Waals surface area (Å²) in [6, 6.07) is 14.2. The SMILES string of the molecule is C=C(C)c1cc(-c2ccncc2)nc2ccccc12. The van der Waals surface area contributed by atoms with Crippen molar-refractivity contribution in [3.63, 3.8) is 0 Å². The Morgan fingerprint density at radius 1 is 1.05 bits per heavy atom. The molecule has 0 N–H and O–H groups in total. The van der Waals surface area contributed by atoms with E-state index in [1.165, 1.54) is 0 Å². The minimum atomic E-state index is 0.958. The predicted octanol–water partition coefficient (Wildman–Crippen LogP) is 4.33. The fraction of sp³-hybridized carbons (Fsp3) is 0.0588. The van der Waals surface area contributed by atoms with E-state index in [9.17, 15) is 0 Å². The number of hydrogen-bond acceptors (Lipinski definition) is 2. The molecule has 3 aromatic rings. The van der Waals surface area contributed by atoms with Crippen molar-refractivity contribution in [3.8, 4) is 11.3 Å². The summed E-state index contributed by atoms with van der Waals surface area (Å²) >= 11 is 0. The molecular weight excluding hydrogens is 232 g/mol. The molecule has 0 fully saturated rings. The molecule has 2 nitrogen and oxygen atoms in total. The average Bonchev–Trinajstić information content (AvgIpc) is 2.47. The number of allylic oxidation sites excluding steroid dienone is 1. The maximum atomic E-state index is 4.72. The van der Waals surface area contributed by atoms with Crippen LogP contribution < -0.4 is 0 Å². The van der Waals surface area contributed by atoms with Crippen LogP contribution in [0.1, 0.15) is 12.5 Å². The zero-order chi connectivity index (χ0) is 13.2. The smallest absolute Gasteiger partial charge is 0.0716 e. The second kappa shape index (κ2) is 4.65. The van der Waals surface area contributed by atoms with Gasteiger partial charge in [-0.3, -0.25) is 4.98 Å². The van der Waals surface area contributed by atoms with Crippen LogP contribution in [0.3, 0.4) is 0 Å². The molecule has 2 heterocycles. The molecule has 1 aromatic carbocycles. The average molecular weight is 246 g/mol. The molecule has 3 rings (SSSR count). The highest BCUT2D eigenvalue weighted by Crippen LogP contribution is 2.27. The molecule has 0 unspecified atom stereocenters. The molecular formula is C17H14N2. The van der Waals surface area contributed by atoms with Gasteiger partial charge in [0.15, 0.2) is 0 Å². The third-order valence-electron chi connectivity index (χ3n) is 3.15. The minimum Gasteiger partial charge on any atom is -0.265 e. The number of rotatable bonds is 2. The molecule has 2 aromatic heterocycles. The lowest BCUT2D eigenvalue weighted by molar-refractivity contribution is 1.31. The fourth-order valence-corrected chi connectivity index (χ4v) is 2.20. The lowest BCUT2D eigenvalue weighted by Crippen LogP contribution is -1.90. The zero-order valence-electron chi connectivity index (χ0n) is 10.8. The second-order valence-corrected chi connectivity index (χ2v) is 4.59. The van der Waals surface area contributed by atoms with Gasteiger partial charge in [-0.15, -0.1) is 0 Å². The normalized spacial score (nSPS) is 10.6. The van der Waals surface area contributed by atoms with Crippen molar-refractivity contribution >= 4 is 16.5 Å². The van der Waals surface area contributed by atoms with Crippen LogP contribution in [0.2, 0.25) is 0 Å². The van der Waals surface area contributed by atoms with Gasteiger partial charge in [-0.25, -0.2) is 4.98 Å². The Hall–Kier alpha value is -2.48. The van der Waals surface area contributed by atoms with Crippen molar-refractivity contribution < 1.29 is 0 Å². The van der Waals surface area contributed by atoms with Crippen LogP contribution in [-0.4, -0.2) is 9.97 Å². The predicted molar refractivity (Wildman–Crippen MR) is 79.7 cm³/mol. The van der Waals surface area contributed by atoms with Crippen LogP contribution in [0.5, 0.6) is 0 Å². The third kappa shape index (κ3) is 2.13. The van der Waals surface area contributed by atoms with Gasteiger partial charge in [0.25, 0.3) is 0 Å². The van der Waals surface area contributed by atoms with Gasteiger partial charge in [-0.1, -0.05) is 30.4 Å². The summed E-state index contributed by atoms with van der Waals surface area (Å²) in [6.07, 6.45) is 3.57. The molecule has 19 heavy (non-hydrogen) atoms. The largest absolute Gasteiger partial charge is 0.265 e. The van der Waals surface area contributed by atoms with Gasteiger partial charge >= 0.3 is 0 Å². The van der Waals surface area contributed by atoms with Crippen LogP contribution in [0.15, 0.2) is 61.4 Å². The van der Waals surface area contributed by atoms with Gasteiger partial charge in [-0.2, -0.15) is 0 Å². The summed E-state index contributed by atoms with van der Waals surface area (Å²) in [5.41, 5.74) is 5.23. The molecule has 2 heteroatoms. The first-order chi connectivity index (χ1) is 9.25. The van der Waals surface area contributed by atoms with Crippen molar-refractivity contribution in [1.29, 1.82) is 0 Å². The first-order valence-corrected chi connectivity index (χ1v) is 6.22. The summed E-state index contributed by atoms with van der Waals surface area (Å²) in [7, 11) is 0. The number of aromatic nitrogens is 2. The Balaban J connectivity index is 2.31. The van der Waals surface area contributed by atoms with Crippen molar-refractivity contribution in [3.05, 3.63) is 67.0 Å². The second-order valence-electron chi connectivity index (χ2n) is 4.59. The van der Waals surface area contributed by atoms with Gasteiger partial charge < -0.3 is 0 Å². The van der Waals surface area contributed by atoms with Crippen molar-refractivity contribution in [2.45, 2.75) is 6.92 Å².